The fourth-order valence-electron chi connectivity index (χ4n) is 1.70. The Morgan fingerprint density at radius 2 is 2.05 bits per heavy atom. The molecule has 1 aromatic carbocycles. The number of nitrogens with one attached hydrogen (secondary N) is 1. The van der Waals surface area contributed by atoms with Crippen LogP contribution in [0.3, 0.4) is 0 Å². The molecule has 20 heavy (non-hydrogen) atoms. The second-order valence-corrected chi connectivity index (χ2v) is 6.94. The Morgan fingerprint density at radius 3 is 2.55 bits per heavy atom. The molecule has 0 spiro atoms. The van der Waals surface area contributed by atoms with E-state index in [4.69, 9.17) is 21.4 Å². The Bertz CT molecular complexity index is 612. The average Bonchev–Trinajstić information content (AvgIpc) is 2.24. The van der Waals surface area contributed by atoms with E-state index in [2.05, 4.69) is 4.72 Å². The van der Waals surface area contributed by atoms with E-state index in [1.807, 2.05) is 0 Å². The van der Waals surface area contributed by atoms with Crippen LogP contribution in [-0.4, -0.2) is 32.1 Å². The van der Waals surface area contributed by atoms with Crippen LogP contribution in [0.4, 0.5) is 0 Å². The molecule has 8 heteroatoms. The predicted octanol–water partition coefficient (Wildman–Crippen LogP) is 1.88. The summed E-state index contributed by atoms with van der Waals surface area (Å²) in [5, 5.41) is 9.12. The van der Waals surface area contributed by atoms with Crippen LogP contribution in [0.2, 0.25) is 5.02 Å². The maximum Gasteiger partial charge on any atom is 0.305 e. The van der Waals surface area contributed by atoms with E-state index in [-0.39, 0.29) is 17.1 Å². The van der Waals surface area contributed by atoms with E-state index in [9.17, 15) is 13.2 Å². The van der Waals surface area contributed by atoms with Gasteiger partial charge >= 0.3 is 5.97 Å². The van der Waals surface area contributed by atoms with Crippen molar-refractivity contribution < 1.29 is 23.1 Å². The molecule has 0 aliphatic carbocycles. The maximum absolute atomic E-state index is 12.3. The van der Waals surface area contributed by atoms with Gasteiger partial charge in [0, 0.05) is 16.6 Å². The summed E-state index contributed by atoms with van der Waals surface area (Å²) in [6, 6.07) is 4.10. The van der Waals surface area contributed by atoms with Crippen molar-refractivity contribution in [1.82, 2.24) is 4.72 Å². The number of methoxy groups -OCH3 is 1. The number of carboxylic acids is 1. The van der Waals surface area contributed by atoms with Crippen LogP contribution >= 0.6 is 11.6 Å². The quantitative estimate of drug-likeness (QED) is 0.834. The summed E-state index contributed by atoms with van der Waals surface area (Å²) in [6.45, 7) is 2.97. The van der Waals surface area contributed by atoms with Gasteiger partial charge in [-0.3, -0.25) is 4.79 Å². The van der Waals surface area contributed by atoms with Crippen molar-refractivity contribution in [2.75, 3.05) is 7.11 Å². The molecule has 0 saturated heterocycles. The predicted molar refractivity (Wildman–Crippen MR) is 74.7 cm³/mol. The van der Waals surface area contributed by atoms with Crippen molar-refractivity contribution in [3.63, 3.8) is 0 Å². The summed E-state index contributed by atoms with van der Waals surface area (Å²) >= 11 is 5.77. The van der Waals surface area contributed by atoms with Gasteiger partial charge in [-0.25, -0.2) is 13.1 Å². The van der Waals surface area contributed by atoms with Gasteiger partial charge in [-0.15, -0.1) is 0 Å². The van der Waals surface area contributed by atoms with Gasteiger partial charge in [-0.2, -0.15) is 0 Å². The van der Waals surface area contributed by atoms with Gasteiger partial charge < -0.3 is 9.84 Å². The molecule has 0 aromatic heterocycles. The lowest BCUT2D eigenvalue weighted by atomic mass is 10.0. The van der Waals surface area contributed by atoms with E-state index in [1.165, 1.54) is 39.2 Å². The van der Waals surface area contributed by atoms with Crippen molar-refractivity contribution in [3.05, 3.63) is 23.2 Å². The third-order valence-electron chi connectivity index (χ3n) is 2.42. The standard InChI is InChI=1S/C12H16ClNO5S/c1-12(2,7-11(15)16)14-20(17,18)10-5-4-8(13)6-9(10)19-3/h4-6,14H,7H2,1-3H3,(H,15,16). The van der Waals surface area contributed by atoms with Gasteiger partial charge in [0.05, 0.1) is 13.5 Å². The highest BCUT2D eigenvalue weighted by Crippen LogP contribution is 2.28. The zero-order chi connectivity index (χ0) is 15.6. The molecular weight excluding hydrogens is 306 g/mol. The number of benzene rings is 1. The van der Waals surface area contributed by atoms with Crippen molar-refractivity contribution in [2.45, 2.75) is 30.7 Å². The molecule has 0 aliphatic rings. The highest BCUT2D eigenvalue weighted by molar-refractivity contribution is 7.89. The third kappa shape index (κ3) is 4.36. The molecule has 0 bridgehead atoms. The minimum absolute atomic E-state index is 0.0936. The van der Waals surface area contributed by atoms with Crippen molar-refractivity contribution >= 4 is 27.6 Å². The van der Waals surface area contributed by atoms with Crippen molar-refractivity contribution in [2.24, 2.45) is 0 Å². The highest BCUT2D eigenvalue weighted by atomic mass is 35.5. The third-order valence-corrected chi connectivity index (χ3v) is 4.39. The summed E-state index contributed by atoms with van der Waals surface area (Å²) in [4.78, 5) is 10.6. The van der Waals surface area contributed by atoms with E-state index < -0.39 is 21.5 Å². The van der Waals surface area contributed by atoms with Gasteiger partial charge in [-0.05, 0) is 26.0 Å². The molecule has 0 unspecified atom stereocenters. The zero-order valence-corrected chi connectivity index (χ0v) is 12.9. The lowest BCUT2D eigenvalue weighted by Crippen LogP contribution is -2.44. The van der Waals surface area contributed by atoms with Crippen molar-refractivity contribution in [3.8, 4) is 5.75 Å². The second kappa shape index (κ2) is 5.99. The van der Waals surface area contributed by atoms with Crippen LogP contribution in [0.25, 0.3) is 0 Å². The number of hydrogen-bond acceptors (Lipinski definition) is 4. The monoisotopic (exact) mass is 321 g/mol. The zero-order valence-electron chi connectivity index (χ0n) is 11.3. The number of rotatable bonds is 6. The number of sulfonamides is 1. The molecule has 0 atom stereocenters. The lowest BCUT2D eigenvalue weighted by Gasteiger charge is -2.24. The van der Waals surface area contributed by atoms with E-state index >= 15 is 0 Å². The summed E-state index contributed by atoms with van der Waals surface area (Å²) in [7, 11) is -2.59. The first-order valence-electron chi connectivity index (χ1n) is 5.67. The first-order valence-corrected chi connectivity index (χ1v) is 7.53. The molecule has 112 valence electrons. The Hall–Kier alpha value is -1.31. The minimum atomic E-state index is -3.92. The lowest BCUT2D eigenvalue weighted by molar-refractivity contribution is -0.138. The van der Waals surface area contributed by atoms with E-state index in [1.54, 1.807) is 0 Å². The molecule has 1 rings (SSSR count). The molecule has 0 saturated carbocycles. The minimum Gasteiger partial charge on any atom is -0.495 e. The van der Waals surface area contributed by atoms with Crippen LogP contribution in [0.15, 0.2) is 23.1 Å². The summed E-state index contributed by atoms with van der Waals surface area (Å²) in [5.74, 6) is -1.00. The first kappa shape index (κ1) is 16.7. The first-order chi connectivity index (χ1) is 9.07. The molecule has 0 aliphatic heterocycles. The smallest absolute Gasteiger partial charge is 0.305 e. The fraction of sp³-hybridized carbons (Fsp3) is 0.417. The largest absolute Gasteiger partial charge is 0.495 e. The summed E-state index contributed by atoms with van der Waals surface area (Å²) in [5.41, 5.74) is -1.13. The maximum atomic E-state index is 12.3. The van der Waals surface area contributed by atoms with Gasteiger partial charge in [0.1, 0.15) is 10.6 Å². The number of halogens is 1. The van der Waals surface area contributed by atoms with Gasteiger partial charge in [0.2, 0.25) is 10.0 Å². The Labute approximate surface area is 122 Å². The molecular formula is C12H16ClNO5S. The van der Waals surface area contributed by atoms with Gasteiger partial charge in [0.15, 0.2) is 0 Å². The fourth-order valence-corrected chi connectivity index (χ4v) is 3.42. The molecule has 2 N–H and O–H groups in total. The van der Waals surface area contributed by atoms with Crippen LogP contribution in [0.1, 0.15) is 20.3 Å². The Kier molecular flexibility index (Phi) is 5.01. The topological polar surface area (TPSA) is 92.7 Å². The summed E-state index contributed by atoms with van der Waals surface area (Å²) < 4.78 is 31.9. The molecule has 0 fully saturated rings. The number of aliphatic carboxylic acids is 1. The normalized spacial score (nSPS) is 12.2. The Balaban J connectivity index is 3.15. The van der Waals surface area contributed by atoms with Crippen LogP contribution in [0.5, 0.6) is 5.75 Å². The number of carboxylic acid groups (broad SMARTS) is 1. The van der Waals surface area contributed by atoms with Crippen LogP contribution in [0, 0.1) is 0 Å². The molecule has 0 radical (unpaired) electrons. The van der Waals surface area contributed by atoms with Crippen LogP contribution < -0.4 is 9.46 Å². The SMILES string of the molecule is COc1cc(Cl)ccc1S(=O)(=O)NC(C)(C)CC(=O)O. The van der Waals surface area contributed by atoms with Gasteiger partial charge in [0.25, 0.3) is 0 Å². The number of hydrogen-bond donors (Lipinski definition) is 2. The van der Waals surface area contributed by atoms with Crippen molar-refractivity contribution in [1.29, 1.82) is 0 Å². The second-order valence-electron chi connectivity index (χ2n) is 4.86. The highest BCUT2D eigenvalue weighted by Gasteiger charge is 2.30. The molecule has 0 heterocycles. The molecule has 1 aromatic rings. The van der Waals surface area contributed by atoms with Crippen LogP contribution in [-0.2, 0) is 14.8 Å². The van der Waals surface area contributed by atoms with E-state index in [0.717, 1.165) is 0 Å². The Morgan fingerprint density at radius 1 is 1.45 bits per heavy atom. The molecule has 0 amide bonds. The van der Waals surface area contributed by atoms with Gasteiger partial charge in [-0.1, -0.05) is 11.6 Å². The van der Waals surface area contributed by atoms with E-state index in [0.29, 0.717) is 5.02 Å². The number of carbonyl (C=O) groups is 1. The summed E-state index contributed by atoms with van der Waals surface area (Å²) in [6.07, 6.45) is -0.345. The molecule has 6 nitrogen and oxygen atoms in total. The number of ether oxygens (including phenoxy) is 1. The average molecular weight is 322 g/mol.